The maximum atomic E-state index is 13.7. The van der Waals surface area contributed by atoms with Crippen molar-refractivity contribution < 1.29 is 35.5 Å². The maximum Gasteiger partial charge on any atom is 0.296 e. The SMILES string of the molecule is CC1C(S(=O)(=O)O)=C(N)C2=C(C(=O)c3ccccc3C2=O)C1Nc1ccc(Nc2nc(Cl)nc(Cl)n2)cc1S(=O)(=O)O. The molecule has 2 aliphatic rings. The summed E-state index contributed by atoms with van der Waals surface area (Å²) in [6.07, 6.45) is 0. The number of hydrogen-bond acceptors (Lipinski definition) is 12. The second kappa shape index (κ2) is 10.4. The number of aromatic nitrogens is 3. The second-order valence-corrected chi connectivity index (χ2v) is 12.6. The van der Waals surface area contributed by atoms with Crippen LogP contribution in [0.3, 0.4) is 0 Å². The number of nitrogens with one attached hydrogen (secondary N) is 2. The minimum absolute atomic E-state index is 0.0209. The Morgan fingerprint density at radius 3 is 2.05 bits per heavy atom. The molecular weight excluding hydrogens is 635 g/mol. The fourth-order valence-corrected chi connectivity index (χ4v) is 6.94. The zero-order valence-corrected chi connectivity index (χ0v) is 24.2. The van der Waals surface area contributed by atoms with E-state index in [4.69, 9.17) is 28.9 Å². The monoisotopic (exact) mass is 652 g/mol. The minimum atomic E-state index is -5.01. The third-order valence-corrected chi connectivity index (χ3v) is 8.98. The van der Waals surface area contributed by atoms with Crippen molar-refractivity contribution in [2.24, 2.45) is 11.7 Å². The highest BCUT2D eigenvalue weighted by Crippen LogP contribution is 2.43. The van der Waals surface area contributed by atoms with Crippen molar-refractivity contribution in [3.63, 3.8) is 0 Å². The molecule has 0 saturated carbocycles. The highest BCUT2D eigenvalue weighted by Gasteiger charge is 2.47. The van der Waals surface area contributed by atoms with E-state index in [2.05, 4.69) is 25.6 Å². The van der Waals surface area contributed by atoms with Crippen molar-refractivity contribution in [2.45, 2.75) is 17.9 Å². The molecule has 0 spiro atoms. The Labute approximate surface area is 248 Å². The Kier molecular flexibility index (Phi) is 7.33. The molecular formula is C24H18Cl2N6O8S2. The molecule has 42 heavy (non-hydrogen) atoms. The first-order valence-corrected chi connectivity index (χ1v) is 15.3. The number of fused-ring (bicyclic) bond motifs is 1. The highest BCUT2D eigenvalue weighted by molar-refractivity contribution is 7.89. The minimum Gasteiger partial charge on any atom is -0.397 e. The molecule has 0 bridgehead atoms. The van der Waals surface area contributed by atoms with Crippen LogP contribution in [-0.4, -0.2) is 58.5 Å². The van der Waals surface area contributed by atoms with Crippen molar-refractivity contribution in [1.82, 2.24) is 15.0 Å². The Morgan fingerprint density at radius 2 is 1.48 bits per heavy atom. The summed E-state index contributed by atoms with van der Waals surface area (Å²) >= 11 is 11.5. The Hall–Kier alpha value is -3.93. The van der Waals surface area contributed by atoms with Gasteiger partial charge >= 0.3 is 0 Å². The van der Waals surface area contributed by atoms with Crippen molar-refractivity contribution in [3.05, 3.63) is 85.9 Å². The summed E-state index contributed by atoms with van der Waals surface area (Å²) in [6.45, 7) is 1.31. The van der Waals surface area contributed by atoms with Gasteiger partial charge in [0.2, 0.25) is 16.5 Å². The van der Waals surface area contributed by atoms with E-state index in [1.807, 2.05) is 0 Å². The van der Waals surface area contributed by atoms with Gasteiger partial charge in [-0.25, -0.2) is 0 Å². The van der Waals surface area contributed by atoms with E-state index in [9.17, 15) is 35.5 Å². The second-order valence-electron chi connectivity index (χ2n) is 9.16. The molecule has 0 aliphatic heterocycles. The number of nitrogens with zero attached hydrogens (tertiary/aromatic N) is 3. The topological polar surface area (TPSA) is 232 Å². The van der Waals surface area contributed by atoms with Crippen LogP contribution in [0.4, 0.5) is 17.3 Å². The molecule has 3 aromatic rings. The molecule has 6 N–H and O–H groups in total. The highest BCUT2D eigenvalue weighted by atomic mass is 35.5. The fourth-order valence-electron chi connectivity index (χ4n) is 4.91. The van der Waals surface area contributed by atoms with Crippen LogP contribution in [0.1, 0.15) is 27.6 Å². The van der Waals surface area contributed by atoms with Crippen molar-refractivity contribution in [3.8, 4) is 0 Å². The molecule has 218 valence electrons. The third kappa shape index (κ3) is 5.23. The summed E-state index contributed by atoms with van der Waals surface area (Å²) in [6, 6.07) is 7.93. The van der Waals surface area contributed by atoms with Crippen LogP contribution >= 0.6 is 23.2 Å². The molecule has 0 fully saturated rings. The average molecular weight is 653 g/mol. The molecule has 1 aromatic heterocycles. The van der Waals surface area contributed by atoms with Crippen LogP contribution in [0.15, 0.2) is 69.1 Å². The lowest BCUT2D eigenvalue weighted by atomic mass is 9.73. The van der Waals surface area contributed by atoms with E-state index in [1.54, 1.807) is 0 Å². The van der Waals surface area contributed by atoms with E-state index in [0.717, 1.165) is 6.07 Å². The Balaban J connectivity index is 1.65. The summed E-state index contributed by atoms with van der Waals surface area (Å²) in [5, 5.41) is 4.93. The quantitative estimate of drug-likeness (QED) is 0.241. The van der Waals surface area contributed by atoms with Gasteiger partial charge in [0.1, 0.15) is 9.80 Å². The zero-order valence-electron chi connectivity index (χ0n) is 21.0. The molecule has 18 heteroatoms. The number of carbonyl (C=O) groups is 2. The number of ketones is 2. The van der Waals surface area contributed by atoms with Gasteiger partial charge in [-0.15, -0.1) is 0 Å². The fraction of sp³-hybridized carbons (Fsp3) is 0.125. The number of Topliss-reactive ketones (excluding diaryl/α,β-unsaturated/α-hetero) is 2. The number of allylic oxidation sites excluding steroid dienone is 1. The van der Waals surface area contributed by atoms with Crippen LogP contribution in [0.2, 0.25) is 10.6 Å². The molecule has 0 saturated heterocycles. The van der Waals surface area contributed by atoms with Crippen molar-refractivity contribution >= 4 is 72.3 Å². The van der Waals surface area contributed by atoms with Gasteiger partial charge in [0.15, 0.2) is 11.6 Å². The molecule has 1 heterocycles. The van der Waals surface area contributed by atoms with Crippen molar-refractivity contribution in [2.75, 3.05) is 10.6 Å². The lowest BCUT2D eigenvalue weighted by Gasteiger charge is -2.37. The summed E-state index contributed by atoms with van der Waals surface area (Å²) < 4.78 is 69.7. The lowest BCUT2D eigenvalue weighted by Crippen LogP contribution is -2.44. The lowest BCUT2D eigenvalue weighted by molar-refractivity contribution is 0.0968. The van der Waals surface area contributed by atoms with E-state index in [0.29, 0.717) is 0 Å². The number of nitrogens with two attached hydrogens (primary N) is 1. The van der Waals surface area contributed by atoms with Gasteiger partial charge in [0, 0.05) is 28.3 Å². The maximum absolute atomic E-state index is 13.7. The largest absolute Gasteiger partial charge is 0.397 e. The van der Waals surface area contributed by atoms with Gasteiger partial charge in [-0.1, -0.05) is 31.2 Å². The Morgan fingerprint density at radius 1 is 0.881 bits per heavy atom. The molecule has 2 atom stereocenters. The summed E-state index contributed by atoms with van der Waals surface area (Å²) in [7, 11) is -9.97. The van der Waals surface area contributed by atoms with Gasteiger partial charge in [-0.3, -0.25) is 18.7 Å². The van der Waals surface area contributed by atoms with Gasteiger partial charge in [0.25, 0.3) is 20.2 Å². The van der Waals surface area contributed by atoms with E-state index >= 15 is 0 Å². The average Bonchev–Trinajstić information content (AvgIpc) is 2.87. The molecule has 2 aromatic carbocycles. The van der Waals surface area contributed by atoms with Gasteiger partial charge in [-0.2, -0.15) is 31.8 Å². The van der Waals surface area contributed by atoms with E-state index < -0.39 is 64.8 Å². The number of rotatable bonds is 6. The predicted octanol–water partition coefficient (Wildman–Crippen LogP) is 3.03. The van der Waals surface area contributed by atoms with Gasteiger partial charge in [0.05, 0.1) is 23.0 Å². The first kappa shape index (κ1) is 29.6. The summed E-state index contributed by atoms with van der Waals surface area (Å²) in [4.78, 5) is 36.9. The van der Waals surface area contributed by atoms with Gasteiger partial charge < -0.3 is 16.4 Å². The number of halogens is 2. The van der Waals surface area contributed by atoms with Gasteiger partial charge in [-0.05, 0) is 41.4 Å². The number of hydrogen-bond donors (Lipinski definition) is 5. The van der Waals surface area contributed by atoms with Crippen LogP contribution < -0.4 is 16.4 Å². The third-order valence-electron chi connectivity index (χ3n) is 6.60. The molecule has 0 amide bonds. The predicted molar refractivity (Wildman–Crippen MR) is 151 cm³/mol. The first-order chi connectivity index (χ1) is 19.6. The van der Waals surface area contributed by atoms with Crippen LogP contribution in [0.25, 0.3) is 0 Å². The van der Waals surface area contributed by atoms with Crippen LogP contribution in [0, 0.1) is 5.92 Å². The zero-order chi connectivity index (χ0) is 30.7. The normalized spacial score (nSPS) is 19.0. The molecule has 2 unspecified atom stereocenters. The molecule has 0 radical (unpaired) electrons. The molecule has 2 aliphatic carbocycles. The van der Waals surface area contributed by atoms with Crippen LogP contribution in [-0.2, 0) is 20.2 Å². The number of anilines is 3. The smallest absolute Gasteiger partial charge is 0.296 e. The summed E-state index contributed by atoms with van der Waals surface area (Å²) in [5.41, 5.74) is 4.55. The molecule has 14 nitrogen and oxygen atoms in total. The standard InChI is InChI=1S/C24H18Cl2N6O8S2/c1-9-18(16-15(17(27)21(9)42(38,39)40)19(33)11-4-2-3-5-12(11)20(16)34)29-13-7-6-10(8-14(13)41(35,36)37)28-24-31-22(25)30-23(26)32-24/h2-9,18,29H,27H2,1H3,(H,35,36,37)(H,38,39,40)(H,28,30,31,32). The molecule has 5 rings (SSSR count). The number of carbonyl (C=O) groups excluding carboxylic acids is 2. The van der Waals surface area contributed by atoms with Crippen molar-refractivity contribution in [1.29, 1.82) is 0 Å². The first-order valence-electron chi connectivity index (χ1n) is 11.7. The Bertz CT molecular complexity index is 1980. The van der Waals surface area contributed by atoms with E-state index in [1.165, 1.54) is 43.3 Å². The van der Waals surface area contributed by atoms with E-state index in [-0.39, 0.29) is 44.6 Å². The van der Waals surface area contributed by atoms with Crippen LogP contribution in [0.5, 0.6) is 0 Å². The summed E-state index contributed by atoms with van der Waals surface area (Å²) in [5.74, 6) is -2.87. The number of benzene rings is 2.